The first-order valence-electron chi connectivity index (χ1n) is 4.96. The van der Waals surface area contributed by atoms with Crippen LogP contribution in [0.2, 0.25) is 0 Å². The molecule has 2 N–H and O–H groups in total. The van der Waals surface area contributed by atoms with Crippen LogP contribution in [-0.2, 0) is 0 Å². The second-order valence-electron chi connectivity index (χ2n) is 3.64. The number of nitrogens with two attached hydrogens (primary N) is 1. The number of nitrogens with zero attached hydrogens (tertiary/aromatic N) is 2. The van der Waals surface area contributed by atoms with Crippen LogP contribution in [0.25, 0.3) is 0 Å². The summed E-state index contributed by atoms with van der Waals surface area (Å²) >= 11 is 3.27. The van der Waals surface area contributed by atoms with E-state index >= 15 is 0 Å². The molecule has 17 heavy (non-hydrogen) atoms. The van der Waals surface area contributed by atoms with Gasteiger partial charge < -0.3 is 5.73 Å². The Balaban J connectivity index is 2.43. The van der Waals surface area contributed by atoms with Crippen LogP contribution in [0.5, 0.6) is 0 Å². The number of rotatable bonds is 2. The molecule has 0 unspecified atom stereocenters. The molecule has 0 bridgehead atoms. The van der Waals surface area contributed by atoms with Crippen LogP contribution < -0.4 is 5.73 Å². The maximum atomic E-state index is 12.1. The van der Waals surface area contributed by atoms with Crippen molar-refractivity contribution < 1.29 is 4.79 Å². The molecule has 0 atom stereocenters. The number of aryl methyl sites for hydroxylation is 1. The summed E-state index contributed by atoms with van der Waals surface area (Å²) in [5.74, 6) is 0.0107. The lowest BCUT2D eigenvalue weighted by Crippen LogP contribution is -2.08. The van der Waals surface area contributed by atoms with E-state index in [2.05, 4.69) is 25.9 Å². The van der Waals surface area contributed by atoms with Gasteiger partial charge >= 0.3 is 0 Å². The van der Waals surface area contributed by atoms with Gasteiger partial charge in [0.2, 0.25) is 5.78 Å². The van der Waals surface area contributed by atoms with E-state index in [1.54, 1.807) is 30.6 Å². The van der Waals surface area contributed by atoms with Crippen LogP contribution in [0.15, 0.2) is 35.1 Å². The highest BCUT2D eigenvalue weighted by Gasteiger charge is 2.14. The summed E-state index contributed by atoms with van der Waals surface area (Å²) in [6.07, 6.45) is 3.20. The first-order valence-corrected chi connectivity index (χ1v) is 5.75. The Bertz CT molecular complexity index is 566. The summed E-state index contributed by atoms with van der Waals surface area (Å²) in [5, 5.41) is 0. The summed E-state index contributed by atoms with van der Waals surface area (Å²) in [6.45, 7) is 1.86. The van der Waals surface area contributed by atoms with Gasteiger partial charge in [0.1, 0.15) is 11.5 Å². The van der Waals surface area contributed by atoms with E-state index in [1.165, 1.54) is 0 Å². The quantitative estimate of drug-likeness (QED) is 0.863. The maximum absolute atomic E-state index is 12.1. The van der Waals surface area contributed by atoms with Crippen LogP contribution in [0, 0.1) is 6.92 Å². The zero-order valence-electron chi connectivity index (χ0n) is 9.14. The van der Waals surface area contributed by atoms with Crippen molar-refractivity contribution in [2.45, 2.75) is 6.92 Å². The molecule has 0 saturated heterocycles. The molecule has 0 saturated carbocycles. The van der Waals surface area contributed by atoms with Gasteiger partial charge in [-0.25, -0.2) is 4.98 Å². The Hall–Kier alpha value is -1.75. The van der Waals surface area contributed by atoms with Gasteiger partial charge in [0.05, 0.1) is 5.56 Å². The zero-order valence-corrected chi connectivity index (χ0v) is 10.7. The van der Waals surface area contributed by atoms with E-state index in [0.717, 1.165) is 10.0 Å². The Labute approximate surface area is 107 Å². The lowest BCUT2D eigenvalue weighted by atomic mass is 10.1. The molecule has 2 aromatic rings. The fourth-order valence-electron chi connectivity index (χ4n) is 1.41. The second-order valence-corrected chi connectivity index (χ2v) is 4.55. The third-order valence-electron chi connectivity index (χ3n) is 2.26. The van der Waals surface area contributed by atoms with Crippen molar-refractivity contribution in [2.75, 3.05) is 5.73 Å². The van der Waals surface area contributed by atoms with Crippen LogP contribution in [0.1, 0.15) is 21.6 Å². The van der Waals surface area contributed by atoms with E-state index in [1.807, 2.05) is 6.92 Å². The van der Waals surface area contributed by atoms with Gasteiger partial charge in [0.15, 0.2) is 0 Å². The Morgan fingerprint density at radius 1 is 1.29 bits per heavy atom. The molecule has 0 aliphatic heterocycles. The molecular weight excluding hydrogens is 282 g/mol. The van der Waals surface area contributed by atoms with Crippen LogP contribution in [0.3, 0.4) is 0 Å². The number of halogens is 1. The van der Waals surface area contributed by atoms with Gasteiger partial charge in [-0.2, -0.15) is 0 Å². The number of carbonyl (C=O) groups is 1. The first-order chi connectivity index (χ1) is 8.08. The second kappa shape index (κ2) is 4.63. The van der Waals surface area contributed by atoms with Crippen molar-refractivity contribution in [3.63, 3.8) is 0 Å². The number of hydrogen-bond acceptors (Lipinski definition) is 4. The molecule has 2 rings (SSSR count). The molecule has 0 aliphatic rings. The van der Waals surface area contributed by atoms with Gasteiger partial charge in [-0.1, -0.05) is 0 Å². The number of aromatic nitrogens is 2. The van der Waals surface area contributed by atoms with Crippen molar-refractivity contribution in [1.29, 1.82) is 0 Å². The standard InChI is InChI=1S/C12H10BrN3O/c1-7-4-9(12(14)16-5-7)11(17)10-3-2-8(13)6-15-10/h2-6H,1H3,(H2,14,16). The number of pyridine rings is 2. The average molecular weight is 292 g/mol. The molecule has 0 amide bonds. The van der Waals surface area contributed by atoms with E-state index in [9.17, 15) is 4.79 Å². The van der Waals surface area contributed by atoms with Crippen LogP contribution >= 0.6 is 15.9 Å². The van der Waals surface area contributed by atoms with Crippen molar-refractivity contribution >= 4 is 27.5 Å². The molecule has 0 aromatic carbocycles. The normalized spacial score (nSPS) is 10.2. The first kappa shape index (κ1) is 11.7. The van der Waals surface area contributed by atoms with Gasteiger partial charge in [-0.15, -0.1) is 0 Å². The summed E-state index contributed by atoms with van der Waals surface area (Å²) < 4.78 is 0.824. The average Bonchev–Trinajstić information content (AvgIpc) is 2.32. The fraction of sp³-hybridized carbons (Fsp3) is 0.0833. The minimum atomic E-state index is -0.216. The summed E-state index contributed by atoms with van der Waals surface area (Å²) in [5.41, 5.74) is 7.32. The third kappa shape index (κ3) is 2.50. The molecular formula is C12H10BrN3O. The minimum absolute atomic E-state index is 0.216. The Morgan fingerprint density at radius 2 is 2.06 bits per heavy atom. The lowest BCUT2D eigenvalue weighted by molar-refractivity contribution is 0.103. The van der Waals surface area contributed by atoms with Crippen LogP contribution in [0.4, 0.5) is 5.82 Å². The molecule has 86 valence electrons. The van der Waals surface area contributed by atoms with Gasteiger partial charge in [-0.3, -0.25) is 9.78 Å². The van der Waals surface area contributed by atoms with Gasteiger partial charge in [0, 0.05) is 16.9 Å². The number of anilines is 1. The van der Waals surface area contributed by atoms with E-state index < -0.39 is 0 Å². The monoisotopic (exact) mass is 291 g/mol. The SMILES string of the molecule is Cc1cnc(N)c(C(=O)c2ccc(Br)cn2)c1. The van der Waals surface area contributed by atoms with Crippen molar-refractivity contribution in [3.05, 3.63) is 51.9 Å². The molecule has 2 heterocycles. The molecule has 0 radical (unpaired) electrons. The molecule has 0 fully saturated rings. The van der Waals surface area contributed by atoms with E-state index in [0.29, 0.717) is 11.3 Å². The number of hydrogen-bond donors (Lipinski definition) is 1. The predicted molar refractivity (Wildman–Crippen MR) is 68.8 cm³/mol. The highest BCUT2D eigenvalue weighted by molar-refractivity contribution is 9.10. The third-order valence-corrected chi connectivity index (χ3v) is 2.73. The molecule has 4 nitrogen and oxygen atoms in total. The number of nitrogen functional groups attached to an aromatic ring is 1. The zero-order chi connectivity index (χ0) is 12.4. The summed E-state index contributed by atoms with van der Waals surface area (Å²) in [6, 6.07) is 5.13. The highest BCUT2D eigenvalue weighted by atomic mass is 79.9. The maximum Gasteiger partial charge on any atom is 0.215 e. The predicted octanol–water partition coefficient (Wildman–Crippen LogP) is 2.36. The Kier molecular flexibility index (Phi) is 3.19. The lowest BCUT2D eigenvalue weighted by Gasteiger charge is -2.04. The highest BCUT2D eigenvalue weighted by Crippen LogP contribution is 2.16. The molecule has 2 aromatic heterocycles. The van der Waals surface area contributed by atoms with Crippen molar-refractivity contribution in [2.24, 2.45) is 0 Å². The topological polar surface area (TPSA) is 68.9 Å². The van der Waals surface area contributed by atoms with E-state index in [-0.39, 0.29) is 11.6 Å². The fourth-order valence-corrected chi connectivity index (χ4v) is 1.64. The summed E-state index contributed by atoms with van der Waals surface area (Å²) in [4.78, 5) is 20.1. The van der Waals surface area contributed by atoms with Gasteiger partial charge in [0.25, 0.3) is 0 Å². The summed E-state index contributed by atoms with van der Waals surface area (Å²) in [7, 11) is 0. The smallest absolute Gasteiger partial charge is 0.215 e. The van der Waals surface area contributed by atoms with Crippen LogP contribution in [-0.4, -0.2) is 15.8 Å². The van der Waals surface area contributed by atoms with Crippen molar-refractivity contribution in [3.8, 4) is 0 Å². The number of carbonyl (C=O) groups excluding carboxylic acids is 1. The van der Waals surface area contributed by atoms with Gasteiger partial charge in [-0.05, 0) is 46.6 Å². The minimum Gasteiger partial charge on any atom is -0.383 e. The van der Waals surface area contributed by atoms with Crippen molar-refractivity contribution in [1.82, 2.24) is 9.97 Å². The molecule has 0 spiro atoms. The molecule has 5 heteroatoms. The largest absolute Gasteiger partial charge is 0.383 e. The number of ketones is 1. The Morgan fingerprint density at radius 3 is 2.71 bits per heavy atom. The van der Waals surface area contributed by atoms with E-state index in [4.69, 9.17) is 5.73 Å². The molecule has 0 aliphatic carbocycles.